The minimum Gasteiger partial charge on any atom is -0.507 e. The number of hydrazone groups is 1. The molecule has 0 bridgehead atoms. The summed E-state index contributed by atoms with van der Waals surface area (Å²) in [4.78, 5) is 24.9. The van der Waals surface area contributed by atoms with E-state index in [9.17, 15) is 14.7 Å². The van der Waals surface area contributed by atoms with Crippen LogP contribution in [0.3, 0.4) is 0 Å². The van der Waals surface area contributed by atoms with Gasteiger partial charge in [-0.25, -0.2) is 5.43 Å². The van der Waals surface area contributed by atoms with Crippen molar-refractivity contribution in [1.29, 1.82) is 0 Å². The number of carbonyl (C=O) groups is 2. The van der Waals surface area contributed by atoms with Crippen molar-refractivity contribution in [3.8, 4) is 5.75 Å². The average Bonchev–Trinajstić information content (AvgIpc) is 2.76. The smallest absolute Gasteiger partial charge is 0.259 e. The number of amides is 2. The van der Waals surface area contributed by atoms with Gasteiger partial charge in [-0.15, -0.1) is 0 Å². The van der Waals surface area contributed by atoms with E-state index in [-0.39, 0.29) is 18.2 Å². The summed E-state index contributed by atoms with van der Waals surface area (Å²) in [6, 6.07) is 23.9. The molecule has 0 radical (unpaired) electrons. The van der Waals surface area contributed by atoms with E-state index < -0.39 is 11.8 Å². The number of hydrogen-bond acceptors (Lipinski definition) is 4. The van der Waals surface area contributed by atoms with Gasteiger partial charge in [0.1, 0.15) is 5.75 Å². The van der Waals surface area contributed by atoms with Crippen LogP contribution < -0.4 is 10.7 Å². The lowest BCUT2D eigenvalue weighted by Gasteiger charge is -2.17. The van der Waals surface area contributed by atoms with Crippen molar-refractivity contribution in [2.24, 2.45) is 5.10 Å². The number of halogens is 1. The topological polar surface area (TPSA) is 90.8 Å². The normalized spacial score (nSPS) is 10.9. The Balaban J connectivity index is 1.62. The molecule has 3 aromatic carbocycles. The van der Waals surface area contributed by atoms with E-state index in [1.165, 1.54) is 6.21 Å². The molecule has 3 aromatic rings. The minimum absolute atomic E-state index is 0.0651. The van der Waals surface area contributed by atoms with E-state index in [2.05, 4.69) is 38.4 Å². The third kappa shape index (κ3) is 5.90. The molecule has 0 fully saturated rings. The second-order valence-corrected chi connectivity index (χ2v) is 7.71. The van der Waals surface area contributed by atoms with Gasteiger partial charge in [0.05, 0.1) is 18.7 Å². The van der Waals surface area contributed by atoms with Crippen LogP contribution in [0.1, 0.15) is 22.6 Å². The first kappa shape index (κ1) is 21.5. The number of benzene rings is 3. The number of rotatable bonds is 7. The van der Waals surface area contributed by atoms with Crippen LogP contribution in [0.4, 0.5) is 0 Å². The maximum atomic E-state index is 12.9. The van der Waals surface area contributed by atoms with Crippen molar-refractivity contribution in [3.05, 3.63) is 99.1 Å². The van der Waals surface area contributed by atoms with E-state index in [4.69, 9.17) is 0 Å². The Hall–Kier alpha value is -3.20. The number of phenolic OH excluding ortho intramolecular Hbond substituents is 1. The van der Waals surface area contributed by atoms with Crippen LogP contribution in [0.2, 0.25) is 0 Å². The molecule has 2 amide bonds. The number of carbonyl (C=O) groups excluding carboxylic acids is 2. The molecule has 0 aliphatic carbocycles. The Morgan fingerprint density at radius 1 is 0.967 bits per heavy atom. The van der Waals surface area contributed by atoms with Crippen LogP contribution in [0.15, 0.2) is 84.0 Å². The Morgan fingerprint density at radius 3 is 2.17 bits per heavy atom. The highest BCUT2D eigenvalue weighted by atomic mass is 127. The van der Waals surface area contributed by atoms with Gasteiger partial charge in [0.15, 0.2) is 0 Å². The molecule has 30 heavy (non-hydrogen) atoms. The molecular formula is C23H20IN3O3. The Kier molecular flexibility index (Phi) is 7.56. The quantitative estimate of drug-likeness (QED) is 0.257. The molecule has 0 atom stereocenters. The molecule has 3 rings (SSSR count). The average molecular weight is 513 g/mol. The van der Waals surface area contributed by atoms with Gasteiger partial charge >= 0.3 is 0 Å². The number of aromatic hydroxyl groups is 1. The summed E-state index contributed by atoms with van der Waals surface area (Å²) in [6.45, 7) is -0.218. The molecule has 7 heteroatoms. The summed E-state index contributed by atoms with van der Waals surface area (Å²) in [6.07, 6.45) is 1.36. The number of nitrogens with one attached hydrogen (secondary N) is 2. The third-order valence-electron chi connectivity index (χ3n) is 4.33. The molecular weight excluding hydrogens is 493 g/mol. The van der Waals surface area contributed by atoms with E-state index in [1.54, 1.807) is 18.2 Å². The van der Waals surface area contributed by atoms with Crippen molar-refractivity contribution in [2.75, 3.05) is 6.54 Å². The second-order valence-electron chi connectivity index (χ2n) is 6.47. The van der Waals surface area contributed by atoms with Gasteiger partial charge in [0.2, 0.25) is 5.91 Å². The standard InChI is InChI=1S/C23H20IN3O3/c24-19-11-12-20(28)18(13-19)14-26-27-21(29)15-25-23(30)22(16-7-3-1-4-8-16)17-9-5-2-6-10-17/h1-14,22,28H,15H2,(H,25,30)(H,27,29)/b26-14-. The second kappa shape index (κ2) is 10.5. The molecule has 0 aromatic heterocycles. The molecule has 152 valence electrons. The summed E-state index contributed by atoms with van der Waals surface area (Å²) in [7, 11) is 0. The Bertz CT molecular complexity index is 1000. The van der Waals surface area contributed by atoms with Crippen molar-refractivity contribution >= 4 is 40.6 Å². The molecule has 0 heterocycles. The monoisotopic (exact) mass is 513 g/mol. The van der Waals surface area contributed by atoms with Gasteiger partial charge in [-0.2, -0.15) is 5.10 Å². The summed E-state index contributed by atoms with van der Waals surface area (Å²) < 4.78 is 0.929. The van der Waals surface area contributed by atoms with E-state index >= 15 is 0 Å². The summed E-state index contributed by atoms with van der Waals surface area (Å²) >= 11 is 2.12. The highest BCUT2D eigenvalue weighted by molar-refractivity contribution is 14.1. The molecule has 0 aliphatic rings. The largest absolute Gasteiger partial charge is 0.507 e. The lowest BCUT2D eigenvalue weighted by molar-refractivity contribution is -0.126. The Labute approximate surface area is 188 Å². The summed E-state index contributed by atoms with van der Waals surface area (Å²) in [5, 5.41) is 16.3. The molecule has 3 N–H and O–H groups in total. The molecule has 0 saturated carbocycles. The third-order valence-corrected chi connectivity index (χ3v) is 5.00. The molecule has 0 saturated heterocycles. The van der Waals surface area contributed by atoms with Crippen molar-refractivity contribution in [1.82, 2.24) is 10.7 Å². The minimum atomic E-state index is -0.521. The van der Waals surface area contributed by atoms with Crippen molar-refractivity contribution < 1.29 is 14.7 Å². The fourth-order valence-corrected chi connectivity index (χ4v) is 3.41. The SMILES string of the molecule is O=C(CNC(=O)C(c1ccccc1)c1ccccc1)N/N=C\c1cc(I)ccc1O. The van der Waals surface area contributed by atoms with Crippen LogP contribution in [-0.2, 0) is 9.59 Å². The zero-order valence-electron chi connectivity index (χ0n) is 16.0. The van der Waals surface area contributed by atoms with Crippen LogP contribution in [0.25, 0.3) is 0 Å². The predicted molar refractivity (Wildman–Crippen MR) is 124 cm³/mol. The van der Waals surface area contributed by atoms with Gasteiger partial charge < -0.3 is 10.4 Å². The molecule has 0 aliphatic heterocycles. The molecule has 0 spiro atoms. The number of phenols is 1. The fourth-order valence-electron chi connectivity index (χ4n) is 2.90. The fraction of sp³-hybridized carbons (Fsp3) is 0.0870. The highest BCUT2D eigenvalue weighted by Crippen LogP contribution is 2.24. The maximum Gasteiger partial charge on any atom is 0.259 e. The molecule has 0 unspecified atom stereocenters. The van der Waals surface area contributed by atoms with E-state index in [0.717, 1.165) is 14.7 Å². The zero-order valence-corrected chi connectivity index (χ0v) is 18.1. The van der Waals surface area contributed by atoms with Gasteiger partial charge in [0.25, 0.3) is 5.91 Å². The highest BCUT2D eigenvalue weighted by Gasteiger charge is 2.22. The van der Waals surface area contributed by atoms with Crippen LogP contribution in [0, 0.1) is 3.57 Å². The zero-order chi connectivity index (χ0) is 21.3. The molecule has 6 nitrogen and oxygen atoms in total. The van der Waals surface area contributed by atoms with Crippen LogP contribution in [-0.4, -0.2) is 29.7 Å². The maximum absolute atomic E-state index is 12.9. The van der Waals surface area contributed by atoms with Gasteiger partial charge in [-0.05, 0) is 51.9 Å². The van der Waals surface area contributed by atoms with Gasteiger partial charge in [-0.1, -0.05) is 60.7 Å². The first-order valence-electron chi connectivity index (χ1n) is 9.22. The number of hydrogen-bond donors (Lipinski definition) is 3. The lowest BCUT2D eigenvalue weighted by Crippen LogP contribution is -2.37. The summed E-state index contributed by atoms with van der Waals surface area (Å²) in [5.74, 6) is -1.20. The van der Waals surface area contributed by atoms with Gasteiger partial charge in [0, 0.05) is 9.13 Å². The number of nitrogens with zero attached hydrogens (tertiary/aromatic N) is 1. The lowest BCUT2D eigenvalue weighted by atomic mass is 9.90. The van der Waals surface area contributed by atoms with Gasteiger partial charge in [-0.3, -0.25) is 9.59 Å². The van der Waals surface area contributed by atoms with Crippen molar-refractivity contribution in [3.63, 3.8) is 0 Å². The van der Waals surface area contributed by atoms with Crippen LogP contribution in [0.5, 0.6) is 5.75 Å². The first-order valence-corrected chi connectivity index (χ1v) is 10.3. The van der Waals surface area contributed by atoms with Crippen LogP contribution >= 0.6 is 22.6 Å². The first-order chi connectivity index (χ1) is 14.5. The summed E-state index contributed by atoms with van der Waals surface area (Å²) in [5.41, 5.74) is 4.52. The predicted octanol–water partition coefficient (Wildman–Crippen LogP) is 3.40. The Morgan fingerprint density at radius 2 is 1.57 bits per heavy atom. The van der Waals surface area contributed by atoms with E-state index in [0.29, 0.717) is 5.56 Å². The van der Waals surface area contributed by atoms with E-state index in [1.807, 2.05) is 60.7 Å². The van der Waals surface area contributed by atoms with Crippen molar-refractivity contribution in [2.45, 2.75) is 5.92 Å².